The van der Waals surface area contributed by atoms with Gasteiger partial charge in [-0.2, -0.15) is 0 Å². The van der Waals surface area contributed by atoms with Gasteiger partial charge in [0.15, 0.2) is 0 Å². The molecule has 0 aromatic carbocycles. The molecular formula is C6H7NO4. The Balaban J connectivity index is 2.79. The first-order chi connectivity index (χ1) is 5.25. The summed E-state index contributed by atoms with van der Waals surface area (Å²) in [7, 11) is 0. The van der Waals surface area contributed by atoms with Gasteiger partial charge in [0.1, 0.15) is 5.76 Å². The third kappa shape index (κ3) is 1.57. The van der Waals surface area contributed by atoms with E-state index in [4.69, 9.17) is 15.4 Å². The lowest BCUT2D eigenvalue weighted by atomic mass is 10.3. The summed E-state index contributed by atoms with van der Waals surface area (Å²) in [5.41, 5.74) is 0. The molecule has 0 saturated carbocycles. The first-order valence-corrected chi connectivity index (χ1v) is 2.87. The van der Waals surface area contributed by atoms with Crippen LogP contribution in [0, 0.1) is 0 Å². The Labute approximate surface area is 62.3 Å². The van der Waals surface area contributed by atoms with Gasteiger partial charge >= 0.3 is 5.97 Å². The molecule has 60 valence electrons. The third-order valence-corrected chi connectivity index (χ3v) is 1.16. The van der Waals surface area contributed by atoms with E-state index in [1.54, 1.807) is 6.07 Å². The number of hydrogen-bond acceptors (Lipinski definition) is 4. The molecule has 0 radical (unpaired) electrons. The molecule has 11 heavy (non-hydrogen) atoms. The summed E-state index contributed by atoms with van der Waals surface area (Å²) in [6, 6.07) is 3.04. The molecule has 0 amide bonds. The Bertz CT molecular complexity index is 231. The highest BCUT2D eigenvalue weighted by Gasteiger charge is 2.22. The smallest absolute Gasteiger partial charge is 0.342 e. The molecule has 0 aliphatic carbocycles. The fourth-order valence-corrected chi connectivity index (χ4v) is 0.687. The quantitative estimate of drug-likeness (QED) is 0.616. The maximum Gasteiger partial charge on any atom is 0.342 e. The lowest BCUT2D eigenvalue weighted by Crippen LogP contribution is -2.17. The minimum Gasteiger partial charge on any atom is -0.479 e. The van der Waals surface area contributed by atoms with Crippen LogP contribution in [-0.4, -0.2) is 11.1 Å². The molecule has 5 nitrogen and oxygen atoms in total. The van der Waals surface area contributed by atoms with Crippen LogP contribution in [0.25, 0.3) is 0 Å². The highest BCUT2D eigenvalue weighted by molar-refractivity contribution is 5.73. The number of rotatable bonds is 3. The zero-order valence-corrected chi connectivity index (χ0v) is 5.56. The van der Waals surface area contributed by atoms with Crippen molar-refractivity contribution in [2.24, 2.45) is 5.90 Å². The molecule has 1 atom stereocenters. The molecule has 0 saturated heterocycles. The van der Waals surface area contributed by atoms with Crippen LogP contribution in [0.1, 0.15) is 11.9 Å². The second kappa shape index (κ2) is 3.18. The van der Waals surface area contributed by atoms with Gasteiger partial charge in [0.25, 0.3) is 0 Å². The third-order valence-electron chi connectivity index (χ3n) is 1.16. The molecule has 1 rings (SSSR count). The average molecular weight is 157 g/mol. The van der Waals surface area contributed by atoms with Crippen molar-refractivity contribution in [1.29, 1.82) is 0 Å². The van der Waals surface area contributed by atoms with Crippen molar-refractivity contribution in [3.05, 3.63) is 24.2 Å². The zero-order valence-electron chi connectivity index (χ0n) is 5.56. The summed E-state index contributed by atoms with van der Waals surface area (Å²) in [5.74, 6) is 3.73. The molecule has 0 spiro atoms. The van der Waals surface area contributed by atoms with Gasteiger partial charge in [-0.1, -0.05) is 0 Å². The lowest BCUT2D eigenvalue weighted by Gasteiger charge is -2.04. The summed E-state index contributed by atoms with van der Waals surface area (Å²) in [5, 5.41) is 8.48. The van der Waals surface area contributed by atoms with Crippen molar-refractivity contribution in [1.82, 2.24) is 0 Å². The van der Waals surface area contributed by atoms with Crippen molar-refractivity contribution in [3.8, 4) is 0 Å². The summed E-state index contributed by atoms with van der Waals surface area (Å²) in [4.78, 5) is 14.5. The van der Waals surface area contributed by atoms with E-state index < -0.39 is 12.1 Å². The van der Waals surface area contributed by atoms with Gasteiger partial charge in [-0.25, -0.2) is 10.7 Å². The van der Waals surface area contributed by atoms with Crippen LogP contribution >= 0.6 is 0 Å². The van der Waals surface area contributed by atoms with Crippen LogP contribution in [0.4, 0.5) is 0 Å². The van der Waals surface area contributed by atoms with E-state index in [-0.39, 0.29) is 5.76 Å². The summed E-state index contributed by atoms with van der Waals surface area (Å²) < 4.78 is 4.76. The van der Waals surface area contributed by atoms with Gasteiger partial charge in [-0.3, -0.25) is 4.84 Å². The van der Waals surface area contributed by atoms with Crippen molar-refractivity contribution >= 4 is 5.97 Å². The lowest BCUT2D eigenvalue weighted by molar-refractivity contribution is -0.152. The molecule has 0 unspecified atom stereocenters. The van der Waals surface area contributed by atoms with Gasteiger partial charge < -0.3 is 9.52 Å². The predicted octanol–water partition coefficient (Wildman–Crippen LogP) is 0.296. The molecule has 1 heterocycles. The number of furan rings is 1. The van der Waals surface area contributed by atoms with E-state index in [9.17, 15) is 4.79 Å². The molecule has 0 bridgehead atoms. The van der Waals surface area contributed by atoms with Crippen molar-refractivity contribution in [2.75, 3.05) is 0 Å². The summed E-state index contributed by atoms with van der Waals surface area (Å²) in [6.45, 7) is 0. The van der Waals surface area contributed by atoms with Gasteiger partial charge in [0, 0.05) is 0 Å². The van der Waals surface area contributed by atoms with Crippen LogP contribution in [-0.2, 0) is 9.63 Å². The molecule has 5 heteroatoms. The molecule has 3 N–H and O–H groups in total. The maximum atomic E-state index is 10.4. The minimum absolute atomic E-state index is 0.181. The number of carbonyl (C=O) groups is 1. The molecule has 0 fully saturated rings. The molecule has 1 aromatic heterocycles. The van der Waals surface area contributed by atoms with Crippen LogP contribution in [0.2, 0.25) is 0 Å². The highest BCUT2D eigenvalue weighted by Crippen LogP contribution is 2.15. The summed E-state index contributed by atoms with van der Waals surface area (Å²) >= 11 is 0. The zero-order chi connectivity index (χ0) is 8.27. The standard InChI is InChI=1S/C6H7NO4/c7-11-5(6(8)9)4-2-1-3-10-4/h1-3,5H,7H2,(H,8,9)/t5-/m1/s1. The largest absolute Gasteiger partial charge is 0.479 e. The minimum atomic E-state index is -1.22. The Morgan fingerprint density at radius 2 is 2.55 bits per heavy atom. The van der Waals surface area contributed by atoms with Crippen LogP contribution < -0.4 is 5.90 Å². The van der Waals surface area contributed by atoms with E-state index in [1.807, 2.05) is 0 Å². The second-order valence-corrected chi connectivity index (χ2v) is 1.87. The molecular weight excluding hydrogens is 150 g/mol. The number of nitrogens with two attached hydrogens (primary N) is 1. The SMILES string of the molecule is NO[C@@H](C(=O)O)c1ccco1. The van der Waals surface area contributed by atoms with Gasteiger partial charge in [-0.05, 0) is 12.1 Å². The predicted molar refractivity (Wildman–Crippen MR) is 34.4 cm³/mol. The van der Waals surface area contributed by atoms with Gasteiger partial charge in [-0.15, -0.1) is 0 Å². The normalized spacial score (nSPS) is 12.8. The fourth-order valence-electron chi connectivity index (χ4n) is 0.687. The fraction of sp³-hybridized carbons (Fsp3) is 0.167. The van der Waals surface area contributed by atoms with Crippen molar-refractivity contribution in [2.45, 2.75) is 6.10 Å². The number of hydrogen-bond donors (Lipinski definition) is 2. The first-order valence-electron chi connectivity index (χ1n) is 2.87. The number of aliphatic carboxylic acids is 1. The van der Waals surface area contributed by atoms with Crippen LogP contribution in [0.3, 0.4) is 0 Å². The monoisotopic (exact) mass is 157 g/mol. The topological polar surface area (TPSA) is 85.7 Å². The van der Waals surface area contributed by atoms with E-state index in [0.29, 0.717) is 0 Å². The highest BCUT2D eigenvalue weighted by atomic mass is 16.6. The average Bonchev–Trinajstić information content (AvgIpc) is 2.40. The number of carboxylic acids is 1. The van der Waals surface area contributed by atoms with Crippen LogP contribution in [0.5, 0.6) is 0 Å². The number of carboxylic acid groups (broad SMARTS) is 1. The summed E-state index contributed by atoms with van der Waals surface area (Å²) in [6.07, 6.45) is 0.134. The Hall–Kier alpha value is -1.33. The van der Waals surface area contributed by atoms with E-state index in [0.717, 1.165) is 0 Å². The van der Waals surface area contributed by atoms with Crippen molar-refractivity contribution in [3.63, 3.8) is 0 Å². The Morgan fingerprint density at radius 3 is 2.91 bits per heavy atom. The van der Waals surface area contributed by atoms with E-state index in [1.165, 1.54) is 12.3 Å². The van der Waals surface area contributed by atoms with E-state index in [2.05, 4.69) is 4.84 Å². The second-order valence-electron chi connectivity index (χ2n) is 1.87. The van der Waals surface area contributed by atoms with Gasteiger partial charge in [0.05, 0.1) is 6.26 Å². The van der Waals surface area contributed by atoms with Crippen molar-refractivity contribution < 1.29 is 19.2 Å². The molecule has 0 aliphatic heterocycles. The molecule has 0 aliphatic rings. The Kier molecular flexibility index (Phi) is 2.25. The first kappa shape index (κ1) is 7.77. The molecule has 1 aromatic rings. The van der Waals surface area contributed by atoms with Gasteiger partial charge in [0.2, 0.25) is 6.10 Å². The maximum absolute atomic E-state index is 10.4. The van der Waals surface area contributed by atoms with Crippen LogP contribution in [0.15, 0.2) is 22.8 Å². The Morgan fingerprint density at radius 1 is 1.82 bits per heavy atom. The van der Waals surface area contributed by atoms with E-state index >= 15 is 0 Å².